The summed E-state index contributed by atoms with van der Waals surface area (Å²) in [5.41, 5.74) is 4.87. The summed E-state index contributed by atoms with van der Waals surface area (Å²) < 4.78 is 36.2. The zero-order chi connectivity index (χ0) is 23.9. The van der Waals surface area contributed by atoms with Gasteiger partial charge in [0.05, 0.1) is 11.0 Å². The van der Waals surface area contributed by atoms with E-state index < -0.39 is 5.82 Å². The van der Waals surface area contributed by atoms with Crippen molar-refractivity contribution in [3.05, 3.63) is 99.0 Å². The molecule has 35 heavy (non-hydrogen) atoms. The van der Waals surface area contributed by atoms with Crippen LogP contribution in [-0.4, -0.2) is 34.1 Å². The van der Waals surface area contributed by atoms with E-state index in [4.69, 9.17) is 4.74 Å². The lowest BCUT2D eigenvalue weighted by atomic mass is 9.92. The second kappa shape index (κ2) is 8.82. The van der Waals surface area contributed by atoms with Gasteiger partial charge in [0.2, 0.25) is 0 Å². The lowest BCUT2D eigenvalue weighted by Gasteiger charge is -2.14. The Bertz CT molecular complexity index is 1510. The first-order valence-electron chi connectivity index (χ1n) is 11.9. The van der Waals surface area contributed by atoms with Crippen molar-refractivity contribution in [2.45, 2.75) is 26.0 Å². The molecule has 0 bridgehead atoms. The van der Waals surface area contributed by atoms with Crippen molar-refractivity contribution in [3.63, 3.8) is 0 Å². The molecule has 0 spiro atoms. The summed E-state index contributed by atoms with van der Waals surface area (Å²) in [5, 5.41) is 0. The molecule has 0 saturated carbocycles. The molecule has 1 N–H and O–H groups in total. The van der Waals surface area contributed by atoms with Crippen LogP contribution in [0.3, 0.4) is 0 Å². The topological polar surface area (TPSA) is 50.3 Å². The molecule has 3 aromatic carbocycles. The Kier molecular flexibility index (Phi) is 5.49. The number of likely N-dealkylation sites (tertiary alicyclic amines) is 1. The Hall–Kier alpha value is -3.71. The fourth-order valence-electron chi connectivity index (χ4n) is 5.15. The number of hydrogen-bond acceptors (Lipinski definition) is 3. The molecule has 7 heteroatoms. The summed E-state index contributed by atoms with van der Waals surface area (Å²) in [5.74, 6) is -0.408. The third-order valence-corrected chi connectivity index (χ3v) is 6.96. The Morgan fingerprint density at radius 1 is 0.971 bits per heavy atom. The number of fused-ring (bicyclic) bond motifs is 3. The first kappa shape index (κ1) is 21.8. The van der Waals surface area contributed by atoms with Gasteiger partial charge in [-0.05, 0) is 79.0 Å². The third-order valence-electron chi connectivity index (χ3n) is 6.96. The molecule has 1 fully saturated rings. The molecule has 178 valence electrons. The number of imidazole rings is 1. The predicted octanol–water partition coefficient (Wildman–Crippen LogP) is 5.18. The number of rotatable bonds is 4. The van der Waals surface area contributed by atoms with Crippen molar-refractivity contribution in [2.24, 2.45) is 0 Å². The van der Waals surface area contributed by atoms with E-state index in [2.05, 4.69) is 9.88 Å². The van der Waals surface area contributed by atoms with Crippen molar-refractivity contribution in [1.29, 1.82) is 0 Å². The first-order chi connectivity index (χ1) is 17.1. The van der Waals surface area contributed by atoms with Gasteiger partial charge in [-0.2, -0.15) is 0 Å². The van der Waals surface area contributed by atoms with E-state index in [-0.39, 0.29) is 18.1 Å². The fraction of sp³-hybridized carbons (Fsp3) is 0.250. The molecule has 1 aromatic heterocycles. The van der Waals surface area contributed by atoms with Crippen LogP contribution in [-0.2, 0) is 13.2 Å². The van der Waals surface area contributed by atoms with Crippen molar-refractivity contribution >= 4 is 22.7 Å². The number of nitrogens with one attached hydrogen (secondary N) is 1. The Morgan fingerprint density at radius 2 is 1.83 bits per heavy atom. The number of hydrogen-bond donors (Lipinski definition) is 1. The van der Waals surface area contributed by atoms with Crippen LogP contribution in [0.25, 0.3) is 22.7 Å². The number of aromatic amines is 1. The smallest absolute Gasteiger partial charge is 0.326 e. The van der Waals surface area contributed by atoms with Crippen molar-refractivity contribution in [1.82, 2.24) is 14.5 Å². The second-order valence-electron chi connectivity index (χ2n) is 9.16. The van der Waals surface area contributed by atoms with Crippen molar-refractivity contribution in [3.8, 4) is 5.75 Å². The summed E-state index contributed by atoms with van der Waals surface area (Å²) in [6.07, 6.45) is 4.37. The van der Waals surface area contributed by atoms with Gasteiger partial charge >= 0.3 is 5.69 Å². The van der Waals surface area contributed by atoms with Gasteiger partial charge in [-0.25, -0.2) is 13.6 Å². The molecule has 2 aliphatic rings. The van der Waals surface area contributed by atoms with E-state index in [1.807, 2.05) is 30.3 Å². The van der Waals surface area contributed by atoms with E-state index in [0.717, 1.165) is 41.8 Å². The van der Waals surface area contributed by atoms with Gasteiger partial charge in [0.15, 0.2) is 0 Å². The molecule has 0 aliphatic carbocycles. The Balaban J connectivity index is 1.43. The molecule has 0 amide bonds. The number of aromatic nitrogens is 2. The highest BCUT2D eigenvalue weighted by Gasteiger charge is 2.22. The van der Waals surface area contributed by atoms with Gasteiger partial charge in [-0.15, -0.1) is 0 Å². The molecule has 4 aromatic rings. The van der Waals surface area contributed by atoms with Gasteiger partial charge in [-0.3, -0.25) is 4.57 Å². The number of ether oxygens (including phenoxy) is 1. The summed E-state index contributed by atoms with van der Waals surface area (Å²) in [6.45, 7) is 3.69. The number of H-pyrrole nitrogens is 1. The molecule has 3 heterocycles. The quantitative estimate of drug-likeness (QED) is 0.444. The number of nitrogens with zero attached hydrogens (tertiary/aromatic N) is 2. The number of halogens is 2. The van der Waals surface area contributed by atoms with Crippen LogP contribution in [0, 0.1) is 11.6 Å². The minimum absolute atomic E-state index is 0.0159. The predicted molar refractivity (Wildman–Crippen MR) is 132 cm³/mol. The Labute approximate surface area is 201 Å². The van der Waals surface area contributed by atoms with E-state index in [9.17, 15) is 13.6 Å². The van der Waals surface area contributed by atoms with Crippen LogP contribution >= 0.6 is 0 Å². The summed E-state index contributed by atoms with van der Waals surface area (Å²) in [6, 6.07) is 15.1. The highest BCUT2D eigenvalue weighted by atomic mass is 19.1. The Morgan fingerprint density at radius 3 is 2.69 bits per heavy atom. The minimum atomic E-state index is -0.413. The van der Waals surface area contributed by atoms with Crippen LogP contribution in [0.2, 0.25) is 0 Å². The monoisotopic (exact) mass is 473 g/mol. The van der Waals surface area contributed by atoms with Crippen LogP contribution in [0.4, 0.5) is 8.78 Å². The van der Waals surface area contributed by atoms with Gasteiger partial charge in [-0.1, -0.05) is 18.2 Å². The standard InChI is InChI=1S/C28H25F2N3O2/c29-19-7-8-21-22(20-4-3-5-24(30)23(20)17-35-27(21)16-19)14-18-6-9-26-25(15-18)31-28(34)33(26)13-12-32-10-1-2-11-32/h3-9,14-16H,1-2,10-13,17H2,(H,31,34)/b22-14+. The van der Waals surface area contributed by atoms with E-state index in [0.29, 0.717) is 29.0 Å². The maximum absolute atomic E-state index is 14.7. The zero-order valence-electron chi connectivity index (χ0n) is 19.2. The molecule has 0 radical (unpaired) electrons. The third kappa shape index (κ3) is 4.06. The normalized spacial score (nSPS) is 16.8. The van der Waals surface area contributed by atoms with Crippen molar-refractivity contribution in [2.75, 3.05) is 19.6 Å². The van der Waals surface area contributed by atoms with Gasteiger partial charge in [0.1, 0.15) is 24.0 Å². The molecular formula is C28H25F2N3O2. The molecule has 5 nitrogen and oxygen atoms in total. The largest absolute Gasteiger partial charge is 0.488 e. The van der Waals surface area contributed by atoms with Gasteiger partial charge in [0, 0.05) is 30.3 Å². The molecular weight excluding hydrogens is 448 g/mol. The summed E-state index contributed by atoms with van der Waals surface area (Å²) in [4.78, 5) is 18.0. The molecule has 2 aliphatic heterocycles. The average molecular weight is 474 g/mol. The van der Waals surface area contributed by atoms with Crippen LogP contribution in [0.15, 0.2) is 59.4 Å². The first-order valence-corrected chi connectivity index (χ1v) is 11.9. The zero-order valence-corrected chi connectivity index (χ0v) is 19.2. The maximum Gasteiger partial charge on any atom is 0.326 e. The fourth-order valence-corrected chi connectivity index (χ4v) is 5.15. The lowest BCUT2D eigenvalue weighted by molar-refractivity contribution is 0.299. The SMILES string of the molecule is O=c1[nH]c2cc(/C=C3/c4ccc(F)cc4OCc4c(F)cccc43)ccc2n1CCN1CCCC1. The van der Waals surface area contributed by atoms with E-state index >= 15 is 0 Å². The summed E-state index contributed by atoms with van der Waals surface area (Å²) >= 11 is 0. The highest BCUT2D eigenvalue weighted by Crippen LogP contribution is 2.39. The van der Waals surface area contributed by atoms with Crippen molar-refractivity contribution < 1.29 is 13.5 Å². The van der Waals surface area contributed by atoms with Gasteiger partial charge in [0.25, 0.3) is 0 Å². The van der Waals surface area contributed by atoms with Crippen LogP contribution < -0.4 is 10.4 Å². The van der Waals surface area contributed by atoms with Crippen LogP contribution in [0.5, 0.6) is 5.75 Å². The molecule has 0 atom stereocenters. The van der Waals surface area contributed by atoms with E-state index in [1.165, 1.54) is 31.0 Å². The van der Waals surface area contributed by atoms with E-state index in [1.54, 1.807) is 16.7 Å². The summed E-state index contributed by atoms with van der Waals surface area (Å²) in [7, 11) is 0. The minimum Gasteiger partial charge on any atom is -0.488 e. The molecule has 0 unspecified atom stereocenters. The average Bonchev–Trinajstić information content (AvgIpc) is 3.43. The molecule has 6 rings (SSSR count). The second-order valence-corrected chi connectivity index (χ2v) is 9.16. The number of benzene rings is 3. The van der Waals surface area contributed by atoms with Crippen LogP contribution in [0.1, 0.15) is 35.1 Å². The maximum atomic E-state index is 14.7. The van der Waals surface area contributed by atoms with Gasteiger partial charge < -0.3 is 14.6 Å². The molecule has 1 saturated heterocycles. The lowest BCUT2D eigenvalue weighted by Crippen LogP contribution is -2.28. The highest BCUT2D eigenvalue weighted by molar-refractivity contribution is 5.95.